The van der Waals surface area contributed by atoms with E-state index in [1.807, 2.05) is 13.1 Å². The number of nitrogen functional groups attached to an aromatic ring is 1. The Labute approximate surface area is 108 Å². The van der Waals surface area contributed by atoms with Gasteiger partial charge in [0.05, 0.1) is 0 Å². The molecule has 0 aliphatic heterocycles. The summed E-state index contributed by atoms with van der Waals surface area (Å²) in [5.41, 5.74) is 3.06. The summed E-state index contributed by atoms with van der Waals surface area (Å²) < 4.78 is 28.3. The molecular formula is C11H14F2N6. The van der Waals surface area contributed by atoms with Crippen LogP contribution in [0.5, 0.6) is 0 Å². The predicted molar refractivity (Wildman–Crippen MR) is 67.4 cm³/mol. The predicted octanol–water partition coefficient (Wildman–Crippen LogP) is 1.03. The number of hydrazine groups is 1. The van der Waals surface area contributed by atoms with Crippen molar-refractivity contribution in [3.8, 4) is 0 Å². The van der Waals surface area contributed by atoms with Gasteiger partial charge in [-0.2, -0.15) is 5.10 Å². The third kappa shape index (κ3) is 2.97. The van der Waals surface area contributed by atoms with Crippen molar-refractivity contribution in [3.05, 3.63) is 35.7 Å². The molecule has 2 heterocycles. The van der Waals surface area contributed by atoms with Gasteiger partial charge >= 0.3 is 0 Å². The third-order valence-electron chi connectivity index (χ3n) is 2.66. The number of anilines is 2. The van der Waals surface area contributed by atoms with Crippen molar-refractivity contribution in [2.75, 3.05) is 17.3 Å². The fourth-order valence-electron chi connectivity index (χ4n) is 1.65. The highest BCUT2D eigenvalue weighted by molar-refractivity contribution is 5.46. The topological polar surface area (TPSA) is 80.8 Å². The van der Waals surface area contributed by atoms with Crippen molar-refractivity contribution in [3.63, 3.8) is 0 Å². The minimum Gasteiger partial charge on any atom is -0.367 e. The Morgan fingerprint density at radius 2 is 2.05 bits per heavy atom. The smallest absolute Gasteiger partial charge is 0.178 e. The number of halogens is 2. The average Bonchev–Trinajstić information content (AvgIpc) is 2.78. The summed E-state index contributed by atoms with van der Waals surface area (Å²) in [4.78, 5) is 3.71. The molecule has 0 aliphatic carbocycles. The molecule has 0 aromatic carbocycles. The SMILES string of the molecule is Cn1nccc1CCNc1nc(NN)c(F)cc1F. The highest BCUT2D eigenvalue weighted by atomic mass is 19.1. The van der Waals surface area contributed by atoms with Crippen LogP contribution < -0.4 is 16.6 Å². The molecule has 0 saturated heterocycles. The molecule has 0 aliphatic rings. The van der Waals surface area contributed by atoms with Crippen molar-refractivity contribution in [2.24, 2.45) is 12.9 Å². The van der Waals surface area contributed by atoms with Crippen LogP contribution in [0.4, 0.5) is 20.4 Å². The van der Waals surface area contributed by atoms with Gasteiger partial charge in [0.1, 0.15) is 0 Å². The third-order valence-corrected chi connectivity index (χ3v) is 2.66. The van der Waals surface area contributed by atoms with Crippen molar-refractivity contribution in [2.45, 2.75) is 6.42 Å². The second kappa shape index (κ2) is 5.61. The maximum atomic E-state index is 13.5. The van der Waals surface area contributed by atoms with Crippen LogP contribution in [-0.4, -0.2) is 21.3 Å². The van der Waals surface area contributed by atoms with Crippen LogP contribution in [0.2, 0.25) is 0 Å². The van der Waals surface area contributed by atoms with Crippen LogP contribution >= 0.6 is 0 Å². The standard InChI is InChI=1S/C11H14F2N6/c1-19-7(3-5-16-19)2-4-15-10-8(12)6-9(13)11(17-10)18-14/h3,5-6H,2,4,14H2,1H3,(H2,15,17,18). The Morgan fingerprint density at radius 1 is 1.32 bits per heavy atom. The fraction of sp³-hybridized carbons (Fsp3) is 0.273. The minimum absolute atomic E-state index is 0.0449. The van der Waals surface area contributed by atoms with E-state index in [4.69, 9.17) is 5.84 Å². The lowest BCUT2D eigenvalue weighted by Gasteiger charge is -2.09. The Balaban J connectivity index is 2.01. The van der Waals surface area contributed by atoms with Crippen LogP contribution in [0.3, 0.4) is 0 Å². The summed E-state index contributed by atoms with van der Waals surface area (Å²) >= 11 is 0. The minimum atomic E-state index is -0.836. The summed E-state index contributed by atoms with van der Waals surface area (Å²) in [6, 6.07) is 2.59. The van der Waals surface area contributed by atoms with E-state index in [2.05, 4.69) is 20.8 Å². The Hall–Kier alpha value is -2.22. The Bertz CT molecular complexity index is 568. The van der Waals surface area contributed by atoms with E-state index in [0.29, 0.717) is 13.0 Å². The summed E-state index contributed by atoms with van der Waals surface area (Å²) in [5.74, 6) is 3.23. The quantitative estimate of drug-likeness (QED) is 0.557. The lowest BCUT2D eigenvalue weighted by Crippen LogP contribution is -2.15. The number of aryl methyl sites for hydroxylation is 1. The van der Waals surface area contributed by atoms with Gasteiger partial charge < -0.3 is 10.7 Å². The molecule has 0 atom stereocenters. The largest absolute Gasteiger partial charge is 0.367 e. The first kappa shape index (κ1) is 13.2. The van der Waals surface area contributed by atoms with Crippen molar-refractivity contribution in [1.82, 2.24) is 14.8 Å². The Morgan fingerprint density at radius 3 is 2.68 bits per heavy atom. The normalized spacial score (nSPS) is 10.5. The maximum absolute atomic E-state index is 13.5. The summed E-state index contributed by atoms with van der Waals surface area (Å²) in [6.07, 6.45) is 2.32. The number of hydrogen-bond donors (Lipinski definition) is 3. The lowest BCUT2D eigenvalue weighted by atomic mass is 10.3. The van der Waals surface area contributed by atoms with E-state index in [1.54, 1.807) is 10.9 Å². The van der Waals surface area contributed by atoms with E-state index in [0.717, 1.165) is 11.8 Å². The van der Waals surface area contributed by atoms with E-state index in [9.17, 15) is 8.78 Å². The number of nitrogens with zero attached hydrogens (tertiary/aromatic N) is 3. The number of pyridine rings is 1. The van der Waals surface area contributed by atoms with Crippen LogP contribution in [-0.2, 0) is 13.5 Å². The summed E-state index contributed by atoms with van der Waals surface area (Å²) in [6.45, 7) is 0.444. The maximum Gasteiger partial charge on any atom is 0.178 e. The number of rotatable bonds is 5. The highest BCUT2D eigenvalue weighted by Crippen LogP contribution is 2.18. The van der Waals surface area contributed by atoms with Gasteiger partial charge in [0, 0.05) is 38.0 Å². The molecule has 2 aromatic rings. The van der Waals surface area contributed by atoms with Gasteiger partial charge in [-0.05, 0) is 6.07 Å². The average molecular weight is 268 g/mol. The van der Waals surface area contributed by atoms with Crippen LogP contribution in [0.15, 0.2) is 18.3 Å². The molecule has 0 spiro atoms. The molecule has 4 N–H and O–H groups in total. The van der Waals surface area contributed by atoms with E-state index in [-0.39, 0.29) is 11.6 Å². The van der Waals surface area contributed by atoms with Gasteiger partial charge in [-0.15, -0.1) is 0 Å². The van der Waals surface area contributed by atoms with Crippen LogP contribution in [0.1, 0.15) is 5.69 Å². The zero-order valence-electron chi connectivity index (χ0n) is 10.3. The molecule has 0 saturated carbocycles. The number of hydrogen-bond acceptors (Lipinski definition) is 5. The lowest BCUT2D eigenvalue weighted by molar-refractivity contribution is 0.578. The molecule has 2 rings (SSSR count). The molecule has 0 bridgehead atoms. The molecule has 0 amide bonds. The first-order chi connectivity index (χ1) is 9.11. The van der Waals surface area contributed by atoms with Crippen LogP contribution in [0.25, 0.3) is 0 Å². The van der Waals surface area contributed by atoms with Gasteiger partial charge in [-0.25, -0.2) is 19.6 Å². The molecule has 0 fully saturated rings. The molecule has 6 nitrogen and oxygen atoms in total. The summed E-state index contributed by atoms with van der Waals surface area (Å²) in [5, 5.41) is 6.81. The van der Waals surface area contributed by atoms with Gasteiger partial charge in [-0.1, -0.05) is 0 Å². The molecule has 102 valence electrons. The molecule has 8 heteroatoms. The molecule has 0 unspecified atom stereocenters. The Kier molecular flexibility index (Phi) is 3.91. The first-order valence-corrected chi connectivity index (χ1v) is 5.65. The molecule has 2 aromatic heterocycles. The van der Waals surface area contributed by atoms with Crippen molar-refractivity contribution < 1.29 is 8.78 Å². The number of aromatic nitrogens is 3. The molecule has 0 radical (unpaired) electrons. The summed E-state index contributed by atoms with van der Waals surface area (Å²) in [7, 11) is 1.82. The van der Waals surface area contributed by atoms with E-state index < -0.39 is 11.6 Å². The monoisotopic (exact) mass is 268 g/mol. The first-order valence-electron chi connectivity index (χ1n) is 5.65. The van der Waals surface area contributed by atoms with Crippen LogP contribution in [0, 0.1) is 11.6 Å². The molecular weight excluding hydrogens is 254 g/mol. The fourth-order valence-corrected chi connectivity index (χ4v) is 1.65. The highest BCUT2D eigenvalue weighted by Gasteiger charge is 2.10. The molecule has 19 heavy (non-hydrogen) atoms. The zero-order chi connectivity index (χ0) is 13.8. The second-order valence-corrected chi connectivity index (χ2v) is 3.92. The van der Waals surface area contributed by atoms with E-state index in [1.165, 1.54) is 0 Å². The van der Waals surface area contributed by atoms with Gasteiger partial charge in [0.15, 0.2) is 23.3 Å². The van der Waals surface area contributed by atoms with Gasteiger partial charge in [0.2, 0.25) is 0 Å². The van der Waals surface area contributed by atoms with Gasteiger partial charge in [0.25, 0.3) is 0 Å². The van der Waals surface area contributed by atoms with Crippen molar-refractivity contribution >= 4 is 11.6 Å². The zero-order valence-corrected chi connectivity index (χ0v) is 10.3. The number of nitrogens with one attached hydrogen (secondary N) is 2. The van der Waals surface area contributed by atoms with Crippen molar-refractivity contribution in [1.29, 1.82) is 0 Å². The van der Waals surface area contributed by atoms with Gasteiger partial charge in [-0.3, -0.25) is 4.68 Å². The second-order valence-electron chi connectivity index (χ2n) is 3.92. The number of nitrogens with two attached hydrogens (primary N) is 1. The van der Waals surface area contributed by atoms with E-state index >= 15 is 0 Å².